The zero-order chi connectivity index (χ0) is 12.8. The normalized spacial score (nSPS) is 18.6. The van der Waals surface area contributed by atoms with E-state index in [1.54, 1.807) is 0 Å². The zero-order valence-corrected chi connectivity index (χ0v) is 13.5. The van der Waals surface area contributed by atoms with Crippen molar-refractivity contribution in [3.8, 4) is 0 Å². The molecular weight excluding hydrogens is 276 g/mol. The van der Waals surface area contributed by atoms with Crippen LogP contribution in [0.4, 0.5) is 0 Å². The van der Waals surface area contributed by atoms with Crippen LogP contribution in [-0.2, 0) is 6.54 Å². The van der Waals surface area contributed by atoms with E-state index in [2.05, 4.69) is 47.7 Å². The van der Waals surface area contributed by atoms with Gasteiger partial charge < -0.3 is 5.32 Å². The Morgan fingerprint density at radius 1 is 1.32 bits per heavy atom. The summed E-state index contributed by atoms with van der Waals surface area (Å²) in [5.41, 5.74) is 1.44. The van der Waals surface area contributed by atoms with E-state index in [1.165, 1.54) is 36.4 Å². The highest BCUT2D eigenvalue weighted by Crippen LogP contribution is 2.18. The Hall–Kier alpha value is -0.220. The molecule has 0 aliphatic carbocycles. The summed E-state index contributed by atoms with van der Waals surface area (Å²) in [4.78, 5) is 3.98. The number of benzene rings is 1. The zero-order valence-electron chi connectivity index (χ0n) is 11.9. The minimum Gasteiger partial charge on any atom is -0.315 e. The van der Waals surface area contributed by atoms with Gasteiger partial charge in [0.05, 0.1) is 0 Å². The summed E-state index contributed by atoms with van der Waals surface area (Å²) in [5.74, 6) is 0. The maximum absolute atomic E-state index is 3.47. The van der Waals surface area contributed by atoms with E-state index in [-0.39, 0.29) is 12.4 Å². The molecule has 1 aromatic carbocycles. The summed E-state index contributed by atoms with van der Waals surface area (Å²) in [7, 11) is 0. The average Bonchev–Trinajstić information content (AvgIpc) is 2.93. The maximum Gasteiger partial charge on any atom is 0.0237 e. The third-order valence-corrected chi connectivity index (χ3v) is 4.35. The largest absolute Gasteiger partial charge is 0.315 e. The first-order valence-corrected chi connectivity index (χ1v) is 8.13. The number of hydrogen-bond acceptors (Lipinski definition) is 3. The number of thioether (sulfide) groups is 1. The van der Waals surface area contributed by atoms with Crippen LogP contribution in [0, 0.1) is 0 Å². The second-order valence-corrected chi connectivity index (χ2v) is 5.84. The van der Waals surface area contributed by atoms with Gasteiger partial charge in [-0.25, -0.2) is 0 Å². The summed E-state index contributed by atoms with van der Waals surface area (Å²) in [6, 6.07) is 9.74. The molecule has 2 nitrogen and oxygen atoms in total. The summed E-state index contributed by atoms with van der Waals surface area (Å²) in [6.45, 7) is 6.90. The van der Waals surface area contributed by atoms with Gasteiger partial charge in [0.15, 0.2) is 0 Å². The molecular formula is C15H25ClN2S. The molecule has 0 spiro atoms. The first kappa shape index (κ1) is 16.8. The van der Waals surface area contributed by atoms with Crippen LogP contribution in [0.2, 0.25) is 0 Å². The lowest BCUT2D eigenvalue weighted by atomic mass is 10.1. The van der Waals surface area contributed by atoms with E-state index in [4.69, 9.17) is 0 Å². The quantitative estimate of drug-likeness (QED) is 0.811. The van der Waals surface area contributed by atoms with Crippen molar-refractivity contribution in [2.75, 3.05) is 25.9 Å². The molecule has 1 aromatic rings. The molecule has 0 bridgehead atoms. The third-order valence-electron chi connectivity index (χ3n) is 3.61. The minimum absolute atomic E-state index is 0. The van der Waals surface area contributed by atoms with E-state index in [9.17, 15) is 0 Å². The summed E-state index contributed by atoms with van der Waals surface area (Å²) < 4.78 is 0. The van der Waals surface area contributed by atoms with Crippen molar-refractivity contribution in [3.05, 3.63) is 29.8 Å². The fourth-order valence-corrected chi connectivity index (χ4v) is 3.00. The van der Waals surface area contributed by atoms with Gasteiger partial charge in [-0.1, -0.05) is 19.1 Å². The van der Waals surface area contributed by atoms with E-state index in [0.717, 1.165) is 19.1 Å². The minimum atomic E-state index is 0. The Morgan fingerprint density at radius 3 is 2.58 bits per heavy atom. The molecule has 1 fully saturated rings. The van der Waals surface area contributed by atoms with Gasteiger partial charge in [0.1, 0.15) is 0 Å². The number of nitrogens with zero attached hydrogens (tertiary/aromatic N) is 1. The Labute approximate surface area is 127 Å². The topological polar surface area (TPSA) is 15.3 Å². The summed E-state index contributed by atoms with van der Waals surface area (Å²) in [5, 5.41) is 3.47. The maximum atomic E-state index is 3.47. The molecule has 2 rings (SSSR count). The van der Waals surface area contributed by atoms with Crippen molar-refractivity contribution in [2.24, 2.45) is 0 Å². The molecule has 108 valence electrons. The molecule has 19 heavy (non-hydrogen) atoms. The van der Waals surface area contributed by atoms with Crippen LogP contribution in [0.5, 0.6) is 0 Å². The lowest BCUT2D eigenvalue weighted by molar-refractivity contribution is 0.199. The van der Waals surface area contributed by atoms with Crippen molar-refractivity contribution >= 4 is 24.2 Å². The number of hydrogen-bond donors (Lipinski definition) is 1. The number of nitrogens with one attached hydrogen (secondary N) is 1. The van der Waals surface area contributed by atoms with Crippen molar-refractivity contribution in [1.29, 1.82) is 0 Å². The molecule has 1 heterocycles. The number of halogens is 1. The molecule has 1 atom stereocenters. The molecule has 0 saturated carbocycles. The van der Waals surface area contributed by atoms with Crippen LogP contribution in [0.1, 0.15) is 25.3 Å². The van der Waals surface area contributed by atoms with Gasteiger partial charge in [-0.15, -0.1) is 24.2 Å². The van der Waals surface area contributed by atoms with Crippen LogP contribution in [0.3, 0.4) is 0 Å². The Kier molecular flexibility index (Phi) is 7.84. The molecule has 0 aromatic heterocycles. The molecule has 0 radical (unpaired) electrons. The third kappa shape index (κ3) is 4.99. The molecule has 1 aliphatic heterocycles. The van der Waals surface area contributed by atoms with Gasteiger partial charge in [0.25, 0.3) is 0 Å². The predicted molar refractivity (Wildman–Crippen MR) is 87.4 cm³/mol. The first-order chi connectivity index (χ1) is 8.83. The van der Waals surface area contributed by atoms with Crippen molar-refractivity contribution < 1.29 is 0 Å². The lowest BCUT2D eigenvalue weighted by Crippen LogP contribution is -2.36. The SMILES string of the molecule is CCCN(Cc1ccc(SC)cc1)C1CCNC1.Cl. The highest BCUT2D eigenvalue weighted by molar-refractivity contribution is 7.98. The summed E-state index contributed by atoms with van der Waals surface area (Å²) in [6.07, 6.45) is 4.66. The van der Waals surface area contributed by atoms with Gasteiger partial charge in [-0.2, -0.15) is 0 Å². The van der Waals surface area contributed by atoms with E-state index < -0.39 is 0 Å². The molecule has 0 amide bonds. The van der Waals surface area contributed by atoms with Gasteiger partial charge >= 0.3 is 0 Å². The average molecular weight is 301 g/mol. The Balaban J connectivity index is 0.00000180. The lowest BCUT2D eigenvalue weighted by Gasteiger charge is -2.28. The van der Waals surface area contributed by atoms with Crippen LogP contribution in [0.15, 0.2) is 29.2 Å². The smallest absolute Gasteiger partial charge is 0.0237 e. The molecule has 4 heteroatoms. The number of rotatable bonds is 6. The van der Waals surface area contributed by atoms with E-state index >= 15 is 0 Å². The van der Waals surface area contributed by atoms with Crippen LogP contribution in [-0.4, -0.2) is 36.8 Å². The van der Waals surface area contributed by atoms with Crippen molar-refractivity contribution in [1.82, 2.24) is 10.2 Å². The first-order valence-electron chi connectivity index (χ1n) is 6.91. The standard InChI is InChI=1S/C15H24N2S.ClH/c1-3-10-17(14-8-9-16-11-14)12-13-4-6-15(18-2)7-5-13;/h4-7,14,16H,3,8-12H2,1-2H3;1H. The predicted octanol–water partition coefficient (Wildman–Crippen LogP) is 3.40. The van der Waals surface area contributed by atoms with Gasteiger partial charge in [0, 0.05) is 24.0 Å². The highest BCUT2D eigenvalue weighted by atomic mass is 35.5. The molecule has 1 N–H and O–H groups in total. The van der Waals surface area contributed by atoms with Crippen molar-refractivity contribution in [3.63, 3.8) is 0 Å². The van der Waals surface area contributed by atoms with Crippen LogP contribution >= 0.6 is 24.2 Å². The van der Waals surface area contributed by atoms with E-state index in [0.29, 0.717) is 0 Å². The Bertz CT molecular complexity index is 350. The second-order valence-electron chi connectivity index (χ2n) is 4.97. The van der Waals surface area contributed by atoms with Crippen LogP contribution < -0.4 is 5.32 Å². The van der Waals surface area contributed by atoms with E-state index in [1.807, 2.05) is 11.8 Å². The highest BCUT2D eigenvalue weighted by Gasteiger charge is 2.21. The van der Waals surface area contributed by atoms with Crippen molar-refractivity contribution in [2.45, 2.75) is 37.2 Å². The monoisotopic (exact) mass is 300 g/mol. The molecule has 1 unspecified atom stereocenters. The van der Waals surface area contributed by atoms with Crippen LogP contribution in [0.25, 0.3) is 0 Å². The fourth-order valence-electron chi connectivity index (χ4n) is 2.59. The Morgan fingerprint density at radius 2 is 2.05 bits per heavy atom. The van der Waals surface area contributed by atoms with Gasteiger partial charge in [0.2, 0.25) is 0 Å². The molecule has 1 saturated heterocycles. The summed E-state index contributed by atoms with van der Waals surface area (Å²) >= 11 is 1.81. The fraction of sp³-hybridized carbons (Fsp3) is 0.600. The molecule has 1 aliphatic rings. The van der Waals surface area contributed by atoms with Gasteiger partial charge in [-0.05, 0) is 49.9 Å². The van der Waals surface area contributed by atoms with Gasteiger partial charge in [-0.3, -0.25) is 4.90 Å². The second kappa shape index (κ2) is 8.85.